The van der Waals surface area contributed by atoms with Gasteiger partial charge in [0.05, 0.1) is 0 Å². The lowest BCUT2D eigenvalue weighted by molar-refractivity contribution is 0.144. The zero-order chi connectivity index (χ0) is 14.4. The maximum atomic E-state index is 13.3. The number of hydrogen-bond donors (Lipinski definition) is 1. The Morgan fingerprint density at radius 3 is 2.80 bits per heavy atom. The molecule has 0 saturated heterocycles. The third-order valence-electron chi connectivity index (χ3n) is 4.03. The van der Waals surface area contributed by atoms with E-state index in [2.05, 4.69) is 12.2 Å². The van der Waals surface area contributed by atoms with Gasteiger partial charge in [0.1, 0.15) is 17.7 Å². The monoisotopic (exact) mass is 279 g/mol. The van der Waals surface area contributed by atoms with Crippen LogP contribution in [-0.2, 0) is 0 Å². The number of nitrogens with one attached hydrogen (secondary N) is 1. The fourth-order valence-electron chi connectivity index (χ4n) is 2.84. The van der Waals surface area contributed by atoms with E-state index in [4.69, 9.17) is 4.74 Å². The summed E-state index contributed by atoms with van der Waals surface area (Å²) in [5.74, 6) is 0.623. The van der Waals surface area contributed by atoms with Crippen LogP contribution in [0.15, 0.2) is 18.2 Å². The smallest absolute Gasteiger partial charge is 0.126 e. The van der Waals surface area contributed by atoms with E-state index in [-0.39, 0.29) is 11.9 Å². The molecule has 0 amide bonds. The molecule has 1 N–H and O–H groups in total. The molecule has 1 fully saturated rings. The van der Waals surface area contributed by atoms with E-state index in [0.717, 1.165) is 25.1 Å². The van der Waals surface area contributed by atoms with Crippen molar-refractivity contribution in [3.63, 3.8) is 0 Å². The molecule has 0 aliphatic heterocycles. The van der Waals surface area contributed by atoms with Crippen LogP contribution in [0.1, 0.15) is 51.0 Å². The molecule has 1 aliphatic rings. The molecule has 112 valence electrons. The van der Waals surface area contributed by atoms with Gasteiger partial charge in [-0.05, 0) is 62.9 Å². The van der Waals surface area contributed by atoms with Gasteiger partial charge in [-0.1, -0.05) is 19.8 Å². The third-order valence-corrected chi connectivity index (χ3v) is 4.03. The molecule has 0 aromatic heterocycles. The molecule has 0 bridgehead atoms. The van der Waals surface area contributed by atoms with Gasteiger partial charge in [-0.3, -0.25) is 0 Å². The van der Waals surface area contributed by atoms with Crippen LogP contribution in [0.4, 0.5) is 4.39 Å². The first-order valence-corrected chi connectivity index (χ1v) is 7.87. The van der Waals surface area contributed by atoms with Crippen molar-refractivity contribution in [2.75, 3.05) is 6.54 Å². The van der Waals surface area contributed by atoms with Crippen LogP contribution in [0.5, 0.6) is 5.75 Å². The van der Waals surface area contributed by atoms with E-state index in [1.807, 2.05) is 0 Å². The molecule has 0 radical (unpaired) electrons. The molecular formula is C17H26FNO. The topological polar surface area (TPSA) is 21.3 Å². The summed E-state index contributed by atoms with van der Waals surface area (Å²) in [4.78, 5) is 0. The van der Waals surface area contributed by atoms with Crippen molar-refractivity contribution in [2.24, 2.45) is 0 Å². The first kappa shape index (κ1) is 15.3. The Balaban J connectivity index is 2.03. The number of halogens is 1. The second-order valence-electron chi connectivity index (χ2n) is 5.77. The number of ether oxygens (including phenoxy) is 1. The van der Waals surface area contributed by atoms with Crippen molar-refractivity contribution in [1.82, 2.24) is 5.32 Å². The van der Waals surface area contributed by atoms with Gasteiger partial charge in [0.25, 0.3) is 0 Å². The summed E-state index contributed by atoms with van der Waals surface area (Å²) in [5, 5.41) is 3.61. The highest BCUT2D eigenvalue weighted by Gasteiger charge is 2.24. The molecule has 1 aliphatic carbocycles. The first-order chi connectivity index (χ1) is 9.70. The van der Waals surface area contributed by atoms with Gasteiger partial charge in [-0.2, -0.15) is 0 Å². The van der Waals surface area contributed by atoms with Crippen LogP contribution in [-0.4, -0.2) is 18.7 Å². The second kappa shape index (κ2) is 7.63. The van der Waals surface area contributed by atoms with E-state index < -0.39 is 0 Å². The highest BCUT2D eigenvalue weighted by atomic mass is 19.1. The summed E-state index contributed by atoms with van der Waals surface area (Å²) in [5.41, 5.74) is 0.647. The minimum absolute atomic E-state index is 0.168. The molecule has 2 nitrogen and oxygen atoms in total. The summed E-state index contributed by atoms with van der Waals surface area (Å²) in [7, 11) is 0. The summed E-state index contributed by atoms with van der Waals surface area (Å²) < 4.78 is 19.5. The Labute approximate surface area is 121 Å². The molecule has 20 heavy (non-hydrogen) atoms. The predicted molar refractivity (Wildman–Crippen MR) is 80.7 cm³/mol. The molecule has 2 unspecified atom stereocenters. The zero-order valence-electron chi connectivity index (χ0n) is 12.6. The predicted octanol–water partition coefficient (Wildman–Crippen LogP) is 4.21. The highest BCUT2D eigenvalue weighted by Crippen LogP contribution is 2.24. The average molecular weight is 279 g/mol. The molecule has 2 atom stereocenters. The van der Waals surface area contributed by atoms with Gasteiger partial charge in [0, 0.05) is 6.04 Å². The molecule has 0 heterocycles. The van der Waals surface area contributed by atoms with Crippen LogP contribution in [0.2, 0.25) is 0 Å². The average Bonchev–Trinajstić information content (AvgIpc) is 2.66. The van der Waals surface area contributed by atoms with Gasteiger partial charge < -0.3 is 10.1 Å². The third kappa shape index (κ3) is 4.20. The Morgan fingerprint density at radius 1 is 1.25 bits per heavy atom. The molecule has 1 aromatic carbocycles. The van der Waals surface area contributed by atoms with Crippen molar-refractivity contribution in [3.8, 4) is 5.75 Å². The van der Waals surface area contributed by atoms with Crippen LogP contribution in [0.3, 0.4) is 0 Å². The van der Waals surface area contributed by atoms with E-state index in [1.54, 1.807) is 19.1 Å². The fourth-order valence-corrected chi connectivity index (χ4v) is 2.84. The largest absolute Gasteiger partial charge is 0.489 e. The quantitative estimate of drug-likeness (QED) is 0.815. The van der Waals surface area contributed by atoms with E-state index in [0.29, 0.717) is 11.6 Å². The number of hydrogen-bond acceptors (Lipinski definition) is 2. The Bertz CT molecular complexity index is 421. The van der Waals surface area contributed by atoms with Crippen LogP contribution < -0.4 is 10.1 Å². The zero-order valence-corrected chi connectivity index (χ0v) is 12.6. The van der Waals surface area contributed by atoms with Gasteiger partial charge in [0.2, 0.25) is 0 Å². The second-order valence-corrected chi connectivity index (χ2v) is 5.77. The van der Waals surface area contributed by atoms with Crippen LogP contribution in [0, 0.1) is 12.7 Å². The summed E-state index contributed by atoms with van der Waals surface area (Å²) in [6, 6.07) is 5.46. The normalized spacial score (nSPS) is 23.4. The number of aryl methyl sites for hydroxylation is 1. The Kier molecular flexibility index (Phi) is 5.84. The lowest BCUT2D eigenvalue weighted by atomic mass is 10.1. The summed E-state index contributed by atoms with van der Waals surface area (Å²) in [6.45, 7) is 5.00. The SMILES string of the molecule is CCCNC1CCCCCC1Oc1ccc(F)c(C)c1. The van der Waals surface area contributed by atoms with E-state index >= 15 is 0 Å². The highest BCUT2D eigenvalue weighted by molar-refractivity contribution is 5.29. The maximum Gasteiger partial charge on any atom is 0.126 e. The Hall–Kier alpha value is -1.09. The standard InChI is InChI=1S/C17H26FNO/c1-3-11-19-16-7-5-4-6-8-17(16)20-14-9-10-15(18)13(2)12-14/h9-10,12,16-17,19H,3-8,11H2,1-2H3. The van der Waals surface area contributed by atoms with E-state index in [9.17, 15) is 4.39 Å². The van der Waals surface area contributed by atoms with Crippen molar-refractivity contribution in [2.45, 2.75) is 64.5 Å². The number of benzene rings is 1. The fraction of sp³-hybridized carbons (Fsp3) is 0.647. The summed E-state index contributed by atoms with van der Waals surface area (Å²) >= 11 is 0. The molecule has 3 heteroatoms. The summed E-state index contributed by atoms with van der Waals surface area (Å²) in [6.07, 6.45) is 7.36. The first-order valence-electron chi connectivity index (χ1n) is 7.87. The molecule has 1 saturated carbocycles. The van der Waals surface area contributed by atoms with Crippen LogP contribution in [0.25, 0.3) is 0 Å². The van der Waals surface area contributed by atoms with Crippen molar-refractivity contribution < 1.29 is 9.13 Å². The van der Waals surface area contributed by atoms with E-state index in [1.165, 1.54) is 31.7 Å². The van der Waals surface area contributed by atoms with Gasteiger partial charge in [-0.25, -0.2) is 4.39 Å². The van der Waals surface area contributed by atoms with Gasteiger partial charge in [0.15, 0.2) is 0 Å². The minimum Gasteiger partial charge on any atom is -0.489 e. The van der Waals surface area contributed by atoms with Crippen molar-refractivity contribution in [1.29, 1.82) is 0 Å². The molecule has 2 rings (SSSR count). The lowest BCUT2D eigenvalue weighted by Crippen LogP contribution is -2.42. The minimum atomic E-state index is -0.168. The van der Waals surface area contributed by atoms with Crippen LogP contribution >= 0.6 is 0 Å². The lowest BCUT2D eigenvalue weighted by Gasteiger charge is -2.27. The molecule has 0 spiro atoms. The van der Waals surface area contributed by atoms with Crippen molar-refractivity contribution >= 4 is 0 Å². The van der Waals surface area contributed by atoms with Crippen molar-refractivity contribution in [3.05, 3.63) is 29.6 Å². The number of rotatable bonds is 5. The van der Waals surface area contributed by atoms with Gasteiger partial charge in [-0.15, -0.1) is 0 Å². The maximum absolute atomic E-state index is 13.3. The molecule has 1 aromatic rings. The Morgan fingerprint density at radius 2 is 2.05 bits per heavy atom. The van der Waals surface area contributed by atoms with Gasteiger partial charge >= 0.3 is 0 Å². The molecular weight excluding hydrogens is 253 g/mol.